The second-order valence-electron chi connectivity index (χ2n) is 4.21. The summed E-state index contributed by atoms with van der Waals surface area (Å²) in [5, 5.41) is 3.33. The third-order valence-corrected chi connectivity index (χ3v) is 3.57. The van der Waals surface area contributed by atoms with E-state index in [0.717, 1.165) is 27.3 Å². The van der Waals surface area contributed by atoms with Crippen LogP contribution in [0.3, 0.4) is 0 Å². The topological polar surface area (TPSA) is 43.6 Å². The maximum absolute atomic E-state index is 5.58. The Balaban J connectivity index is 2.04. The smallest absolute Gasteiger partial charge is 0.161 e. The zero-order chi connectivity index (χ0) is 14.4. The van der Waals surface area contributed by atoms with Crippen LogP contribution in [0.5, 0.6) is 11.5 Å². The normalized spacial score (nSPS) is 10.6. The molecule has 1 N–H and O–H groups in total. The Morgan fingerprint density at radius 3 is 2.75 bits per heavy atom. The van der Waals surface area contributed by atoms with Gasteiger partial charge in [-0.05, 0) is 36.8 Å². The molecule has 108 valence electrons. The van der Waals surface area contributed by atoms with Crippen molar-refractivity contribution in [2.75, 3.05) is 13.7 Å². The number of benzene rings is 1. The Kier molecular flexibility index (Phi) is 5.49. The van der Waals surface area contributed by atoms with Crippen molar-refractivity contribution < 1.29 is 13.9 Å². The van der Waals surface area contributed by atoms with E-state index in [1.807, 2.05) is 31.2 Å². The van der Waals surface area contributed by atoms with Gasteiger partial charge in [-0.1, -0.05) is 15.9 Å². The van der Waals surface area contributed by atoms with Crippen LogP contribution in [0.15, 0.2) is 39.4 Å². The van der Waals surface area contributed by atoms with Crippen LogP contribution in [-0.4, -0.2) is 13.7 Å². The third-order valence-electron chi connectivity index (χ3n) is 2.83. The maximum Gasteiger partial charge on any atom is 0.161 e. The van der Waals surface area contributed by atoms with Gasteiger partial charge in [-0.25, -0.2) is 0 Å². The van der Waals surface area contributed by atoms with Crippen molar-refractivity contribution in [3.05, 3.63) is 46.3 Å². The number of rotatable bonds is 7. The minimum atomic E-state index is 0.608. The fourth-order valence-corrected chi connectivity index (χ4v) is 2.34. The van der Waals surface area contributed by atoms with Gasteiger partial charge in [0.05, 0.1) is 26.5 Å². The number of halogens is 1. The van der Waals surface area contributed by atoms with Crippen LogP contribution in [0.1, 0.15) is 18.2 Å². The lowest BCUT2D eigenvalue weighted by atomic mass is 10.2. The molecule has 0 saturated carbocycles. The van der Waals surface area contributed by atoms with E-state index in [0.29, 0.717) is 19.7 Å². The van der Waals surface area contributed by atoms with Gasteiger partial charge in [0.25, 0.3) is 0 Å². The average molecular weight is 340 g/mol. The standard InChI is InChI=1S/C15H18BrNO3/c1-3-19-15-7-11(13(16)8-14(15)18-2)9-17-10-12-5-4-6-20-12/h4-8,17H,3,9-10H2,1-2H3. The molecule has 0 fully saturated rings. The molecule has 2 rings (SSSR count). The van der Waals surface area contributed by atoms with Crippen molar-refractivity contribution in [3.63, 3.8) is 0 Å². The molecule has 4 nitrogen and oxygen atoms in total. The van der Waals surface area contributed by atoms with E-state index in [9.17, 15) is 0 Å². The predicted molar refractivity (Wildman–Crippen MR) is 81.1 cm³/mol. The number of methoxy groups -OCH3 is 1. The van der Waals surface area contributed by atoms with Crippen LogP contribution in [0.4, 0.5) is 0 Å². The first-order chi connectivity index (χ1) is 9.74. The van der Waals surface area contributed by atoms with Gasteiger partial charge in [-0.3, -0.25) is 0 Å². The lowest BCUT2D eigenvalue weighted by molar-refractivity contribution is 0.310. The van der Waals surface area contributed by atoms with Crippen LogP contribution in [0.25, 0.3) is 0 Å². The van der Waals surface area contributed by atoms with Crippen LogP contribution >= 0.6 is 15.9 Å². The summed E-state index contributed by atoms with van der Waals surface area (Å²) >= 11 is 3.55. The fraction of sp³-hybridized carbons (Fsp3) is 0.333. The number of furan rings is 1. The molecule has 20 heavy (non-hydrogen) atoms. The monoisotopic (exact) mass is 339 g/mol. The van der Waals surface area contributed by atoms with Crippen molar-refractivity contribution in [1.29, 1.82) is 0 Å². The van der Waals surface area contributed by atoms with E-state index in [2.05, 4.69) is 21.2 Å². The molecule has 0 bridgehead atoms. The highest BCUT2D eigenvalue weighted by Gasteiger charge is 2.10. The molecule has 0 atom stereocenters. The molecule has 0 amide bonds. The Morgan fingerprint density at radius 1 is 1.25 bits per heavy atom. The second-order valence-corrected chi connectivity index (χ2v) is 5.06. The number of hydrogen-bond donors (Lipinski definition) is 1. The SMILES string of the molecule is CCOc1cc(CNCc2ccco2)c(Br)cc1OC. The Morgan fingerprint density at radius 2 is 2.10 bits per heavy atom. The summed E-state index contributed by atoms with van der Waals surface area (Å²) in [4.78, 5) is 0. The third kappa shape index (κ3) is 3.77. The predicted octanol–water partition coefficient (Wildman–Crippen LogP) is 3.74. The van der Waals surface area contributed by atoms with E-state index < -0.39 is 0 Å². The Hall–Kier alpha value is -1.46. The molecule has 0 spiro atoms. The summed E-state index contributed by atoms with van der Waals surface area (Å²) in [6, 6.07) is 7.74. The first kappa shape index (κ1) is 14.9. The molecular weight excluding hydrogens is 322 g/mol. The second kappa shape index (κ2) is 7.36. The minimum absolute atomic E-state index is 0.608. The summed E-state index contributed by atoms with van der Waals surface area (Å²) < 4.78 is 17.2. The molecule has 0 radical (unpaired) electrons. The number of nitrogens with one attached hydrogen (secondary N) is 1. The van der Waals surface area contributed by atoms with Crippen molar-refractivity contribution in [1.82, 2.24) is 5.32 Å². The lowest BCUT2D eigenvalue weighted by Gasteiger charge is -2.13. The van der Waals surface area contributed by atoms with Crippen molar-refractivity contribution in [3.8, 4) is 11.5 Å². The van der Waals surface area contributed by atoms with Gasteiger partial charge in [0.2, 0.25) is 0 Å². The minimum Gasteiger partial charge on any atom is -0.493 e. The molecule has 1 aromatic carbocycles. The van der Waals surface area contributed by atoms with Crippen LogP contribution in [0, 0.1) is 0 Å². The van der Waals surface area contributed by atoms with Gasteiger partial charge in [-0.2, -0.15) is 0 Å². The fourth-order valence-electron chi connectivity index (χ4n) is 1.87. The summed E-state index contributed by atoms with van der Waals surface area (Å²) in [6.07, 6.45) is 1.67. The summed E-state index contributed by atoms with van der Waals surface area (Å²) in [5.41, 5.74) is 1.11. The molecular formula is C15H18BrNO3. The van der Waals surface area contributed by atoms with Crippen molar-refractivity contribution in [2.24, 2.45) is 0 Å². The van der Waals surface area contributed by atoms with E-state index in [1.165, 1.54) is 0 Å². The highest BCUT2D eigenvalue weighted by atomic mass is 79.9. The first-order valence-electron chi connectivity index (χ1n) is 6.47. The maximum atomic E-state index is 5.58. The summed E-state index contributed by atoms with van der Waals surface area (Å²) in [7, 11) is 1.64. The molecule has 0 aliphatic rings. The van der Waals surface area contributed by atoms with Gasteiger partial charge >= 0.3 is 0 Å². The van der Waals surface area contributed by atoms with E-state index >= 15 is 0 Å². The van der Waals surface area contributed by atoms with Gasteiger partial charge < -0.3 is 19.2 Å². The lowest BCUT2D eigenvalue weighted by Crippen LogP contribution is -2.12. The Labute approximate surface area is 127 Å². The molecule has 0 unspecified atom stereocenters. The van der Waals surface area contributed by atoms with Gasteiger partial charge in [0.1, 0.15) is 5.76 Å². The zero-order valence-electron chi connectivity index (χ0n) is 11.6. The molecule has 0 saturated heterocycles. The van der Waals surface area contributed by atoms with Crippen LogP contribution in [-0.2, 0) is 13.1 Å². The highest BCUT2D eigenvalue weighted by Crippen LogP contribution is 2.33. The van der Waals surface area contributed by atoms with E-state index in [1.54, 1.807) is 13.4 Å². The highest BCUT2D eigenvalue weighted by molar-refractivity contribution is 9.10. The quantitative estimate of drug-likeness (QED) is 0.834. The average Bonchev–Trinajstić information content (AvgIpc) is 2.95. The van der Waals surface area contributed by atoms with Crippen LogP contribution < -0.4 is 14.8 Å². The zero-order valence-corrected chi connectivity index (χ0v) is 13.2. The van der Waals surface area contributed by atoms with Gasteiger partial charge in [-0.15, -0.1) is 0 Å². The molecule has 0 aliphatic carbocycles. The molecule has 5 heteroatoms. The summed E-state index contributed by atoms with van der Waals surface area (Å²) in [6.45, 7) is 3.97. The van der Waals surface area contributed by atoms with Crippen molar-refractivity contribution in [2.45, 2.75) is 20.0 Å². The van der Waals surface area contributed by atoms with E-state index in [-0.39, 0.29) is 0 Å². The van der Waals surface area contributed by atoms with E-state index in [4.69, 9.17) is 13.9 Å². The summed E-state index contributed by atoms with van der Waals surface area (Å²) in [5.74, 6) is 2.40. The number of ether oxygens (including phenoxy) is 2. The molecule has 1 aromatic heterocycles. The largest absolute Gasteiger partial charge is 0.493 e. The molecule has 1 heterocycles. The van der Waals surface area contributed by atoms with Gasteiger partial charge in [0, 0.05) is 11.0 Å². The van der Waals surface area contributed by atoms with Gasteiger partial charge in [0.15, 0.2) is 11.5 Å². The first-order valence-corrected chi connectivity index (χ1v) is 7.26. The van der Waals surface area contributed by atoms with Crippen LogP contribution in [0.2, 0.25) is 0 Å². The molecule has 2 aromatic rings. The number of hydrogen-bond acceptors (Lipinski definition) is 4. The van der Waals surface area contributed by atoms with Crippen molar-refractivity contribution >= 4 is 15.9 Å². The Bertz CT molecular complexity index is 540. The molecule has 0 aliphatic heterocycles.